The Labute approximate surface area is 108 Å². The summed E-state index contributed by atoms with van der Waals surface area (Å²) in [6.07, 6.45) is 1.89. The minimum absolute atomic E-state index is 0.144. The zero-order valence-electron chi connectivity index (χ0n) is 11.6. The largest absolute Gasteiger partial charge is 0.354 e. The monoisotopic (exact) mass is 250 g/mol. The third kappa shape index (κ3) is 4.31. The number of carbonyl (C=O) groups excluding carboxylic acids is 1. The Kier molecular flexibility index (Phi) is 5.55. The van der Waals surface area contributed by atoms with E-state index in [1.54, 1.807) is 6.07 Å². The first-order valence-electron chi connectivity index (χ1n) is 6.47. The van der Waals surface area contributed by atoms with Gasteiger partial charge in [0.15, 0.2) is 0 Å². The van der Waals surface area contributed by atoms with Gasteiger partial charge < -0.3 is 10.6 Å². The van der Waals surface area contributed by atoms with Gasteiger partial charge in [0.25, 0.3) is 5.91 Å². The third-order valence-electron chi connectivity index (χ3n) is 2.61. The van der Waals surface area contributed by atoms with Crippen LogP contribution in [0.1, 0.15) is 49.8 Å². The number of nitrogens with one attached hydrogen (secondary N) is 2. The van der Waals surface area contributed by atoms with Gasteiger partial charge in [-0.3, -0.25) is 4.79 Å². The van der Waals surface area contributed by atoms with Crippen molar-refractivity contribution >= 4 is 11.9 Å². The van der Waals surface area contributed by atoms with Crippen LogP contribution in [0.5, 0.6) is 0 Å². The van der Waals surface area contributed by atoms with Crippen molar-refractivity contribution in [1.29, 1.82) is 0 Å². The molecule has 1 aromatic heterocycles. The van der Waals surface area contributed by atoms with Gasteiger partial charge in [0.05, 0.1) is 0 Å². The predicted molar refractivity (Wildman–Crippen MR) is 72.8 cm³/mol. The summed E-state index contributed by atoms with van der Waals surface area (Å²) in [4.78, 5) is 20.4. The van der Waals surface area contributed by atoms with E-state index in [1.165, 1.54) is 0 Å². The van der Waals surface area contributed by atoms with E-state index in [-0.39, 0.29) is 11.9 Å². The Hall–Kier alpha value is -1.65. The zero-order valence-corrected chi connectivity index (χ0v) is 11.6. The van der Waals surface area contributed by atoms with Gasteiger partial charge in [-0.25, -0.2) is 9.97 Å². The van der Waals surface area contributed by atoms with E-state index < -0.39 is 0 Å². The Morgan fingerprint density at radius 1 is 1.39 bits per heavy atom. The van der Waals surface area contributed by atoms with E-state index in [0.29, 0.717) is 11.6 Å². The molecule has 0 aromatic carbocycles. The first-order valence-corrected chi connectivity index (χ1v) is 6.47. The van der Waals surface area contributed by atoms with Crippen molar-refractivity contribution in [2.75, 3.05) is 11.9 Å². The van der Waals surface area contributed by atoms with Crippen molar-refractivity contribution in [2.45, 2.75) is 46.6 Å². The molecular formula is C13H22N4O. The number of aromatic nitrogens is 2. The van der Waals surface area contributed by atoms with Crippen molar-refractivity contribution in [3.8, 4) is 0 Å². The van der Waals surface area contributed by atoms with Gasteiger partial charge in [0.1, 0.15) is 5.69 Å². The van der Waals surface area contributed by atoms with E-state index in [9.17, 15) is 4.79 Å². The maximum atomic E-state index is 12.0. The fourth-order valence-electron chi connectivity index (χ4n) is 1.40. The van der Waals surface area contributed by atoms with Crippen molar-refractivity contribution < 1.29 is 4.79 Å². The van der Waals surface area contributed by atoms with Crippen LogP contribution in [0, 0.1) is 6.92 Å². The summed E-state index contributed by atoms with van der Waals surface area (Å²) in [5.41, 5.74) is 1.21. The van der Waals surface area contributed by atoms with Gasteiger partial charge in [0, 0.05) is 18.3 Å². The summed E-state index contributed by atoms with van der Waals surface area (Å²) in [5, 5.41) is 5.99. The molecule has 0 saturated heterocycles. The van der Waals surface area contributed by atoms with Crippen molar-refractivity contribution in [3.63, 3.8) is 0 Å². The Balaban J connectivity index is 2.81. The Morgan fingerprint density at radius 3 is 2.72 bits per heavy atom. The fraction of sp³-hybridized carbons (Fsp3) is 0.615. The molecular weight excluding hydrogens is 228 g/mol. The SMILES string of the molecule is CCCNc1nc(C)cc(C(=O)NC(C)CC)n1. The molecule has 1 amide bonds. The molecule has 0 saturated carbocycles. The maximum absolute atomic E-state index is 12.0. The van der Waals surface area contributed by atoms with Gasteiger partial charge >= 0.3 is 0 Å². The minimum Gasteiger partial charge on any atom is -0.354 e. The Morgan fingerprint density at radius 2 is 2.11 bits per heavy atom. The molecule has 5 nitrogen and oxygen atoms in total. The van der Waals surface area contributed by atoms with E-state index in [4.69, 9.17) is 0 Å². The summed E-state index contributed by atoms with van der Waals surface area (Å²) >= 11 is 0. The van der Waals surface area contributed by atoms with Crippen molar-refractivity contribution in [3.05, 3.63) is 17.5 Å². The molecule has 1 unspecified atom stereocenters. The second-order valence-corrected chi connectivity index (χ2v) is 4.43. The molecule has 0 spiro atoms. The second-order valence-electron chi connectivity index (χ2n) is 4.43. The number of hydrogen-bond donors (Lipinski definition) is 2. The molecule has 0 radical (unpaired) electrons. The molecule has 1 atom stereocenters. The number of amides is 1. The quantitative estimate of drug-likeness (QED) is 0.811. The van der Waals surface area contributed by atoms with Crippen LogP contribution < -0.4 is 10.6 Å². The number of nitrogens with zero attached hydrogens (tertiary/aromatic N) is 2. The van der Waals surface area contributed by atoms with E-state index >= 15 is 0 Å². The lowest BCUT2D eigenvalue weighted by atomic mass is 10.2. The fourth-order valence-corrected chi connectivity index (χ4v) is 1.40. The molecule has 0 fully saturated rings. The summed E-state index contributed by atoms with van der Waals surface area (Å²) in [5.74, 6) is 0.376. The first kappa shape index (κ1) is 14.4. The minimum atomic E-state index is -0.144. The average Bonchev–Trinajstić information content (AvgIpc) is 2.35. The van der Waals surface area contributed by atoms with E-state index in [2.05, 4.69) is 27.5 Å². The van der Waals surface area contributed by atoms with Crippen LogP contribution in [-0.2, 0) is 0 Å². The molecule has 2 N–H and O–H groups in total. The summed E-state index contributed by atoms with van der Waals surface area (Å²) in [6, 6.07) is 1.86. The zero-order chi connectivity index (χ0) is 13.5. The lowest BCUT2D eigenvalue weighted by molar-refractivity contribution is 0.0934. The molecule has 0 aliphatic heterocycles. The lowest BCUT2D eigenvalue weighted by Gasteiger charge is -2.12. The standard InChI is InChI=1S/C13H22N4O/c1-5-7-14-13-16-10(4)8-11(17-13)12(18)15-9(3)6-2/h8-9H,5-7H2,1-4H3,(H,15,18)(H,14,16,17). The van der Waals surface area contributed by atoms with Crippen molar-refractivity contribution in [2.24, 2.45) is 0 Å². The van der Waals surface area contributed by atoms with Crippen LogP contribution in [0.15, 0.2) is 6.07 Å². The summed E-state index contributed by atoms with van der Waals surface area (Å²) < 4.78 is 0. The molecule has 0 bridgehead atoms. The molecule has 18 heavy (non-hydrogen) atoms. The highest BCUT2D eigenvalue weighted by Crippen LogP contribution is 2.05. The molecule has 1 aromatic rings. The highest BCUT2D eigenvalue weighted by molar-refractivity contribution is 5.92. The van der Waals surface area contributed by atoms with Crippen molar-refractivity contribution in [1.82, 2.24) is 15.3 Å². The molecule has 0 aliphatic rings. The molecule has 1 rings (SSSR count). The normalized spacial score (nSPS) is 12.0. The number of anilines is 1. The number of hydrogen-bond acceptors (Lipinski definition) is 4. The topological polar surface area (TPSA) is 66.9 Å². The van der Waals surface area contributed by atoms with Crippen LogP contribution in [0.25, 0.3) is 0 Å². The van der Waals surface area contributed by atoms with Crippen LogP contribution in [0.4, 0.5) is 5.95 Å². The van der Waals surface area contributed by atoms with E-state index in [1.807, 2.05) is 20.8 Å². The van der Waals surface area contributed by atoms with Crippen LogP contribution >= 0.6 is 0 Å². The molecule has 100 valence electrons. The van der Waals surface area contributed by atoms with Crippen LogP contribution in [0.2, 0.25) is 0 Å². The maximum Gasteiger partial charge on any atom is 0.270 e. The van der Waals surface area contributed by atoms with Gasteiger partial charge in [-0.15, -0.1) is 0 Å². The van der Waals surface area contributed by atoms with Gasteiger partial charge in [0.2, 0.25) is 5.95 Å². The van der Waals surface area contributed by atoms with E-state index in [0.717, 1.165) is 25.1 Å². The third-order valence-corrected chi connectivity index (χ3v) is 2.61. The second kappa shape index (κ2) is 6.93. The van der Waals surface area contributed by atoms with Gasteiger partial charge in [-0.2, -0.15) is 0 Å². The summed E-state index contributed by atoms with van der Waals surface area (Å²) in [7, 11) is 0. The lowest BCUT2D eigenvalue weighted by Crippen LogP contribution is -2.32. The molecule has 5 heteroatoms. The highest BCUT2D eigenvalue weighted by Gasteiger charge is 2.12. The summed E-state index contributed by atoms with van der Waals surface area (Å²) in [6.45, 7) is 8.74. The predicted octanol–water partition coefficient (Wildman–Crippen LogP) is 2.14. The first-order chi connectivity index (χ1) is 8.56. The number of aryl methyl sites for hydroxylation is 1. The molecule has 0 aliphatic carbocycles. The smallest absolute Gasteiger partial charge is 0.270 e. The molecule has 1 heterocycles. The van der Waals surface area contributed by atoms with Crippen LogP contribution in [-0.4, -0.2) is 28.5 Å². The highest BCUT2D eigenvalue weighted by atomic mass is 16.1. The average molecular weight is 250 g/mol. The van der Waals surface area contributed by atoms with Gasteiger partial charge in [-0.1, -0.05) is 13.8 Å². The van der Waals surface area contributed by atoms with Gasteiger partial charge in [-0.05, 0) is 32.8 Å². The van der Waals surface area contributed by atoms with Crippen LogP contribution in [0.3, 0.4) is 0 Å². The number of carbonyl (C=O) groups is 1. The Bertz CT molecular complexity index is 406. The number of rotatable bonds is 6.